The van der Waals surface area contributed by atoms with Crippen molar-refractivity contribution in [3.63, 3.8) is 0 Å². The summed E-state index contributed by atoms with van der Waals surface area (Å²) in [6.45, 7) is 5.46. The lowest BCUT2D eigenvalue weighted by molar-refractivity contribution is 0.262. The first-order valence-corrected chi connectivity index (χ1v) is 11.1. The zero-order valence-corrected chi connectivity index (χ0v) is 17.5. The monoisotopic (exact) mass is 417 g/mol. The van der Waals surface area contributed by atoms with Crippen molar-refractivity contribution in [3.8, 4) is 0 Å². The zero-order chi connectivity index (χ0) is 19.3. The molecule has 0 saturated carbocycles. The van der Waals surface area contributed by atoms with E-state index in [0.717, 1.165) is 40.4 Å². The molecule has 2 aromatic rings. The number of halogens is 1. The minimum absolute atomic E-state index is 0.0651. The van der Waals surface area contributed by atoms with Gasteiger partial charge in [0.2, 0.25) is 0 Å². The van der Waals surface area contributed by atoms with Gasteiger partial charge >= 0.3 is 0 Å². The van der Waals surface area contributed by atoms with Gasteiger partial charge in [0.25, 0.3) is 0 Å². The third kappa shape index (κ3) is 5.12. The number of thioether (sulfide) groups is 1. The van der Waals surface area contributed by atoms with Crippen molar-refractivity contribution < 1.29 is 4.39 Å². The number of rotatable bonds is 6. The summed E-state index contributed by atoms with van der Waals surface area (Å²) in [5, 5.41) is 7.34. The highest BCUT2D eigenvalue weighted by Crippen LogP contribution is 2.38. The van der Waals surface area contributed by atoms with Gasteiger partial charge in [0.05, 0.1) is 17.0 Å². The maximum Gasteiger partial charge on any atom is 0.189 e. The maximum atomic E-state index is 14.6. The molecule has 2 aliphatic rings. The molecule has 1 saturated heterocycles. The van der Waals surface area contributed by atoms with E-state index in [1.165, 1.54) is 35.9 Å². The molecule has 0 amide bonds. The molecular formula is C20H24FN5S2. The predicted octanol–water partition coefficient (Wildman–Crippen LogP) is 4.69. The Kier molecular flexibility index (Phi) is 6.29. The summed E-state index contributed by atoms with van der Waals surface area (Å²) in [5.74, 6) is 1.35. The number of aromatic nitrogens is 2. The fraction of sp³-hybridized carbons (Fsp3) is 0.400. The molecule has 1 fully saturated rings. The van der Waals surface area contributed by atoms with Gasteiger partial charge in [-0.2, -0.15) is 0 Å². The number of nitrogens with one attached hydrogen (secondary N) is 2. The Bertz CT molecular complexity index is 873. The highest BCUT2D eigenvalue weighted by molar-refractivity contribution is 8.05. The van der Waals surface area contributed by atoms with Crippen molar-refractivity contribution in [2.24, 2.45) is 5.92 Å². The van der Waals surface area contributed by atoms with Gasteiger partial charge in [-0.05, 0) is 62.5 Å². The molecule has 2 aliphatic heterocycles. The van der Waals surface area contributed by atoms with Crippen LogP contribution in [-0.2, 0) is 0 Å². The van der Waals surface area contributed by atoms with E-state index in [4.69, 9.17) is 0 Å². The molecule has 4 rings (SSSR count). The van der Waals surface area contributed by atoms with E-state index in [1.807, 2.05) is 31.3 Å². The predicted molar refractivity (Wildman–Crippen MR) is 115 cm³/mol. The number of hydrogen-bond donors (Lipinski definition) is 2. The van der Waals surface area contributed by atoms with E-state index in [0.29, 0.717) is 17.4 Å². The van der Waals surface area contributed by atoms with Crippen molar-refractivity contribution in [2.75, 3.05) is 31.5 Å². The highest BCUT2D eigenvalue weighted by atomic mass is 32.2. The normalized spacial score (nSPS) is 18.0. The average molecular weight is 418 g/mol. The van der Waals surface area contributed by atoms with Crippen LogP contribution >= 0.6 is 23.1 Å². The van der Waals surface area contributed by atoms with Crippen LogP contribution in [0.4, 0.5) is 15.3 Å². The summed E-state index contributed by atoms with van der Waals surface area (Å²) in [5.41, 5.74) is 1.14. The largest absolute Gasteiger partial charge is 0.370 e. The molecule has 2 aromatic heterocycles. The Hall–Kier alpha value is -1.90. The third-order valence-corrected chi connectivity index (χ3v) is 6.93. The molecule has 0 radical (unpaired) electrons. The summed E-state index contributed by atoms with van der Waals surface area (Å²) < 4.78 is 15.6. The molecule has 8 heteroatoms. The first-order valence-electron chi connectivity index (χ1n) is 9.51. The molecule has 148 valence electrons. The van der Waals surface area contributed by atoms with Gasteiger partial charge in [-0.25, -0.2) is 14.4 Å². The molecule has 28 heavy (non-hydrogen) atoms. The lowest BCUT2D eigenvalue weighted by atomic mass is 9.97. The zero-order valence-electron chi connectivity index (χ0n) is 15.8. The van der Waals surface area contributed by atoms with E-state index < -0.39 is 0 Å². The lowest BCUT2D eigenvalue weighted by Gasteiger charge is -2.30. The summed E-state index contributed by atoms with van der Waals surface area (Å²) in [7, 11) is 0. The quantitative estimate of drug-likeness (QED) is 0.711. The minimum Gasteiger partial charge on any atom is -0.370 e. The van der Waals surface area contributed by atoms with Gasteiger partial charge < -0.3 is 15.5 Å². The summed E-state index contributed by atoms with van der Waals surface area (Å²) in [6, 6.07) is 3.92. The van der Waals surface area contributed by atoms with Crippen LogP contribution in [0, 0.1) is 12.8 Å². The molecule has 5 nitrogen and oxygen atoms in total. The molecule has 0 aromatic carbocycles. The lowest BCUT2D eigenvalue weighted by Crippen LogP contribution is -2.35. The van der Waals surface area contributed by atoms with E-state index in [1.54, 1.807) is 12.4 Å². The van der Waals surface area contributed by atoms with Gasteiger partial charge in [0.1, 0.15) is 11.6 Å². The SMILES string of the molecule is Cc1ccnc(Nc2ncc(SC3=C(F)CN(CC4CCNCC4)C=C3)s2)c1. The average Bonchev–Trinajstić information content (AvgIpc) is 3.12. The fourth-order valence-electron chi connectivity index (χ4n) is 3.37. The molecule has 0 bridgehead atoms. The maximum absolute atomic E-state index is 14.6. The highest BCUT2D eigenvalue weighted by Gasteiger charge is 2.20. The van der Waals surface area contributed by atoms with Gasteiger partial charge in [-0.1, -0.05) is 23.1 Å². The first kappa shape index (κ1) is 19.4. The number of anilines is 2. The Morgan fingerprint density at radius 1 is 1.36 bits per heavy atom. The molecule has 0 aliphatic carbocycles. The Morgan fingerprint density at radius 3 is 3.00 bits per heavy atom. The second kappa shape index (κ2) is 9.07. The molecule has 2 N–H and O–H groups in total. The van der Waals surface area contributed by atoms with Crippen LogP contribution in [0.2, 0.25) is 0 Å². The smallest absolute Gasteiger partial charge is 0.189 e. The van der Waals surface area contributed by atoms with Crippen LogP contribution in [0.25, 0.3) is 0 Å². The van der Waals surface area contributed by atoms with Crippen molar-refractivity contribution in [1.82, 2.24) is 20.2 Å². The van der Waals surface area contributed by atoms with Crippen molar-refractivity contribution in [3.05, 3.63) is 53.1 Å². The third-order valence-electron chi connectivity index (χ3n) is 4.84. The number of piperidine rings is 1. The Morgan fingerprint density at radius 2 is 2.21 bits per heavy atom. The molecule has 0 atom stereocenters. The standard InChI is InChI=1S/C20H24FN5S2/c1-14-2-8-23-18(10-14)25-20-24-11-19(28-20)27-17-5-9-26(13-16(17)21)12-15-3-6-22-7-4-15/h2,5,8-11,15,22H,3-4,6-7,12-13H2,1H3,(H,23,24,25). The van der Waals surface area contributed by atoms with Crippen molar-refractivity contribution in [2.45, 2.75) is 24.0 Å². The van der Waals surface area contributed by atoms with E-state index >= 15 is 0 Å². The number of aryl methyl sites for hydroxylation is 1. The minimum atomic E-state index is -0.0651. The summed E-state index contributed by atoms with van der Waals surface area (Å²) in [4.78, 5) is 11.4. The summed E-state index contributed by atoms with van der Waals surface area (Å²) >= 11 is 2.94. The topological polar surface area (TPSA) is 53.1 Å². The van der Waals surface area contributed by atoms with Crippen LogP contribution in [0.1, 0.15) is 18.4 Å². The Labute approximate surface area is 173 Å². The number of pyridine rings is 1. The first-order chi connectivity index (χ1) is 13.7. The second-order valence-electron chi connectivity index (χ2n) is 7.14. The molecule has 4 heterocycles. The Balaban J connectivity index is 1.33. The molecule has 0 spiro atoms. The number of thiazole rings is 1. The molecular weight excluding hydrogens is 393 g/mol. The van der Waals surface area contributed by atoms with Crippen LogP contribution in [0.3, 0.4) is 0 Å². The van der Waals surface area contributed by atoms with Gasteiger partial charge in [0, 0.05) is 23.8 Å². The van der Waals surface area contributed by atoms with E-state index in [2.05, 4.69) is 25.5 Å². The van der Waals surface area contributed by atoms with Crippen LogP contribution < -0.4 is 10.6 Å². The van der Waals surface area contributed by atoms with Gasteiger partial charge in [-0.3, -0.25) is 0 Å². The van der Waals surface area contributed by atoms with Crippen LogP contribution in [0.5, 0.6) is 0 Å². The van der Waals surface area contributed by atoms with Crippen LogP contribution in [0.15, 0.2) is 51.7 Å². The van der Waals surface area contributed by atoms with E-state index in [9.17, 15) is 4.39 Å². The molecule has 0 unspecified atom stereocenters. The van der Waals surface area contributed by atoms with Crippen LogP contribution in [-0.4, -0.2) is 41.0 Å². The number of hydrogen-bond acceptors (Lipinski definition) is 7. The number of nitrogens with zero attached hydrogens (tertiary/aromatic N) is 3. The van der Waals surface area contributed by atoms with E-state index in [-0.39, 0.29) is 5.83 Å². The number of allylic oxidation sites excluding steroid dienone is 1. The van der Waals surface area contributed by atoms with Crippen molar-refractivity contribution in [1.29, 1.82) is 0 Å². The van der Waals surface area contributed by atoms with Crippen molar-refractivity contribution >= 4 is 34.0 Å². The second-order valence-corrected chi connectivity index (χ2v) is 9.51. The van der Waals surface area contributed by atoms with Gasteiger partial charge in [-0.15, -0.1) is 0 Å². The fourth-order valence-corrected chi connectivity index (χ4v) is 5.23. The summed E-state index contributed by atoms with van der Waals surface area (Å²) in [6.07, 6.45) is 9.81. The van der Waals surface area contributed by atoms with Gasteiger partial charge in [0.15, 0.2) is 5.13 Å².